The third-order valence-electron chi connectivity index (χ3n) is 3.80. The molecule has 0 aliphatic heterocycles. The van der Waals surface area contributed by atoms with Crippen molar-refractivity contribution < 1.29 is 14.3 Å². The number of hydrogen-bond acceptors (Lipinski definition) is 5. The van der Waals surface area contributed by atoms with Gasteiger partial charge in [-0.05, 0) is 31.2 Å². The van der Waals surface area contributed by atoms with Gasteiger partial charge in [0.2, 0.25) is 5.91 Å². The van der Waals surface area contributed by atoms with Crippen LogP contribution in [0.15, 0.2) is 35.5 Å². The number of fused-ring (bicyclic) bond motifs is 1. The number of ether oxygens (including phenoxy) is 1. The zero-order valence-corrected chi connectivity index (χ0v) is 16.2. The van der Waals surface area contributed by atoms with Gasteiger partial charge in [-0.25, -0.2) is 0 Å². The quantitative estimate of drug-likeness (QED) is 0.657. The number of aryl methyl sites for hydroxylation is 1. The SMILES string of the molecule is CCOCCn1c(=NC(=O)c2ccn(C)n2)sc2cc(NC(C)=O)ccc21. The highest BCUT2D eigenvalue weighted by molar-refractivity contribution is 7.16. The van der Waals surface area contributed by atoms with E-state index >= 15 is 0 Å². The molecular weight excluding hydrogens is 366 g/mol. The van der Waals surface area contributed by atoms with Crippen LogP contribution in [0.2, 0.25) is 0 Å². The molecule has 0 atom stereocenters. The second kappa shape index (κ2) is 8.28. The molecule has 0 radical (unpaired) electrons. The Bertz CT molecular complexity index is 1050. The molecule has 27 heavy (non-hydrogen) atoms. The molecule has 0 aliphatic rings. The highest BCUT2D eigenvalue weighted by Gasteiger charge is 2.12. The number of nitrogens with one attached hydrogen (secondary N) is 1. The Labute approximate surface area is 160 Å². The molecule has 0 aliphatic carbocycles. The number of anilines is 1. The Morgan fingerprint density at radius 3 is 2.81 bits per heavy atom. The first-order chi connectivity index (χ1) is 13.0. The Hall–Kier alpha value is -2.78. The lowest BCUT2D eigenvalue weighted by molar-refractivity contribution is -0.114. The molecule has 142 valence electrons. The van der Waals surface area contributed by atoms with Gasteiger partial charge in [0.25, 0.3) is 5.91 Å². The summed E-state index contributed by atoms with van der Waals surface area (Å²) in [4.78, 5) is 28.6. The number of hydrogen-bond donors (Lipinski definition) is 1. The zero-order valence-electron chi connectivity index (χ0n) is 15.4. The number of benzene rings is 1. The topological polar surface area (TPSA) is 90.5 Å². The molecule has 8 nitrogen and oxygen atoms in total. The van der Waals surface area contributed by atoms with Crippen LogP contribution in [-0.4, -0.2) is 39.4 Å². The maximum atomic E-state index is 12.5. The van der Waals surface area contributed by atoms with E-state index in [1.54, 1.807) is 24.0 Å². The van der Waals surface area contributed by atoms with E-state index in [-0.39, 0.29) is 5.91 Å². The predicted octanol–water partition coefficient (Wildman–Crippen LogP) is 2.17. The molecule has 0 saturated carbocycles. The summed E-state index contributed by atoms with van der Waals surface area (Å²) in [5.74, 6) is -0.528. The molecule has 0 unspecified atom stereocenters. The van der Waals surface area contributed by atoms with Gasteiger partial charge in [-0.15, -0.1) is 0 Å². The lowest BCUT2D eigenvalue weighted by Crippen LogP contribution is -2.20. The highest BCUT2D eigenvalue weighted by Crippen LogP contribution is 2.22. The van der Waals surface area contributed by atoms with Crippen LogP contribution in [0.4, 0.5) is 5.69 Å². The molecule has 0 saturated heterocycles. The van der Waals surface area contributed by atoms with Crippen molar-refractivity contribution in [1.82, 2.24) is 14.3 Å². The number of rotatable bonds is 6. The van der Waals surface area contributed by atoms with Crippen molar-refractivity contribution >= 4 is 39.1 Å². The Morgan fingerprint density at radius 2 is 2.15 bits per heavy atom. The average Bonchev–Trinajstić information content (AvgIpc) is 3.18. The molecule has 1 N–H and O–H groups in total. The monoisotopic (exact) mass is 387 g/mol. The van der Waals surface area contributed by atoms with Crippen molar-refractivity contribution in [2.45, 2.75) is 20.4 Å². The molecule has 2 aromatic heterocycles. The fraction of sp³-hybridized carbons (Fsp3) is 0.333. The van der Waals surface area contributed by atoms with Crippen LogP contribution in [0.1, 0.15) is 24.3 Å². The molecular formula is C18H21N5O3S. The lowest BCUT2D eigenvalue weighted by atomic mass is 10.3. The third-order valence-corrected chi connectivity index (χ3v) is 4.84. The minimum Gasteiger partial charge on any atom is -0.380 e. The van der Waals surface area contributed by atoms with Gasteiger partial charge in [-0.2, -0.15) is 10.1 Å². The predicted molar refractivity (Wildman–Crippen MR) is 104 cm³/mol. The third kappa shape index (κ3) is 4.50. The van der Waals surface area contributed by atoms with Gasteiger partial charge >= 0.3 is 0 Å². The summed E-state index contributed by atoms with van der Waals surface area (Å²) < 4.78 is 9.90. The van der Waals surface area contributed by atoms with Crippen molar-refractivity contribution in [1.29, 1.82) is 0 Å². The molecule has 3 aromatic rings. The van der Waals surface area contributed by atoms with Crippen LogP contribution in [0.25, 0.3) is 10.2 Å². The van der Waals surface area contributed by atoms with E-state index in [9.17, 15) is 9.59 Å². The van der Waals surface area contributed by atoms with Crippen LogP contribution < -0.4 is 10.1 Å². The minimum atomic E-state index is -0.394. The summed E-state index contributed by atoms with van der Waals surface area (Å²) in [7, 11) is 1.75. The van der Waals surface area contributed by atoms with Crippen LogP contribution >= 0.6 is 11.3 Å². The molecule has 9 heteroatoms. The van der Waals surface area contributed by atoms with E-state index < -0.39 is 5.91 Å². The largest absolute Gasteiger partial charge is 0.380 e. The number of amides is 2. The maximum Gasteiger partial charge on any atom is 0.300 e. The number of thiazole rings is 1. The van der Waals surface area contributed by atoms with Gasteiger partial charge in [0, 0.05) is 39.0 Å². The number of nitrogens with zero attached hydrogens (tertiary/aromatic N) is 4. The summed E-state index contributed by atoms with van der Waals surface area (Å²) >= 11 is 1.39. The van der Waals surface area contributed by atoms with Crippen LogP contribution in [0, 0.1) is 0 Å². The van der Waals surface area contributed by atoms with E-state index in [0.717, 1.165) is 10.2 Å². The Kier molecular flexibility index (Phi) is 5.82. The van der Waals surface area contributed by atoms with Crippen molar-refractivity contribution in [3.8, 4) is 0 Å². The highest BCUT2D eigenvalue weighted by atomic mass is 32.1. The fourth-order valence-corrected chi connectivity index (χ4v) is 3.72. The Balaban J connectivity index is 2.05. The van der Waals surface area contributed by atoms with E-state index in [0.29, 0.717) is 35.9 Å². The molecule has 0 spiro atoms. The van der Waals surface area contributed by atoms with Crippen molar-refractivity contribution in [2.24, 2.45) is 12.0 Å². The van der Waals surface area contributed by atoms with Gasteiger partial charge in [-0.3, -0.25) is 14.3 Å². The zero-order chi connectivity index (χ0) is 19.4. The molecule has 0 fully saturated rings. The second-order valence-electron chi connectivity index (χ2n) is 5.89. The number of carbonyl (C=O) groups excluding carboxylic acids is 2. The van der Waals surface area contributed by atoms with Gasteiger partial charge in [0.1, 0.15) is 0 Å². The first-order valence-electron chi connectivity index (χ1n) is 8.55. The second-order valence-corrected chi connectivity index (χ2v) is 6.90. The van der Waals surface area contributed by atoms with Crippen LogP contribution in [-0.2, 0) is 23.1 Å². The van der Waals surface area contributed by atoms with Gasteiger partial charge in [-0.1, -0.05) is 11.3 Å². The summed E-state index contributed by atoms with van der Waals surface area (Å²) in [5, 5.41) is 6.88. The van der Waals surface area contributed by atoms with Gasteiger partial charge < -0.3 is 14.6 Å². The normalized spacial score (nSPS) is 11.9. The molecule has 2 amide bonds. The summed E-state index contributed by atoms with van der Waals surface area (Å²) in [6, 6.07) is 7.26. The standard InChI is InChI=1S/C18H21N5O3S/c1-4-26-10-9-23-15-6-5-13(19-12(2)24)11-16(15)27-18(23)20-17(25)14-7-8-22(3)21-14/h5-8,11H,4,9-10H2,1-3H3,(H,19,24). The van der Waals surface area contributed by atoms with E-state index in [2.05, 4.69) is 15.4 Å². The Morgan fingerprint density at radius 1 is 1.33 bits per heavy atom. The van der Waals surface area contributed by atoms with Crippen LogP contribution in [0.3, 0.4) is 0 Å². The van der Waals surface area contributed by atoms with Crippen molar-refractivity contribution in [2.75, 3.05) is 18.5 Å². The van der Waals surface area contributed by atoms with Gasteiger partial charge in [0.15, 0.2) is 10.5 Å². The first-order valence-corrected chi connectivity index (χ1v) is 9.37. The number of aromatic nitrogens is 3. The smallest absolute Gasteiger partial charge is 0.300 e. The van der Waals surface area contributed by atoms with Crippen molar-refractivity contribution in [3.05, 3.63) is 41.0 Å². The first kappa shape index (κ1) is 19.0. The molecule has 2 heterocycles. The van der Waals surface area contributed by atoms with Crippen LogP contribution in [0.5, 0.6) is 0 Å². The van der Waals surface area contributed by atoms with E-state index in [1.807, 2.05) is 29.7 Å². The average molecular weight is 387 g/mol. The molecule has 1 aromatic carbocycles. The maximum absolute atomic E-state index is 12.5. The van der Waals surface area contributed by atoms with Crippen molar-refractivity contribution in [3.63, 3.8) is 0 Å². The fourth-order valence-electron chi connectivity index (χ4n) is 2.63. The number of carbonyl (C=O) groups is 2. The lowest BCUT2D eigenvalue weighted by Gasteiger charge is -2.06. The summed E-state index contributed by atoms with van der Waals surface area (Å²) in [6.07, 6.45) is 1.70. The summed E-state index contributed by atoms with van der Waals surface area (Å²) in [6.45, 7) is 5.11. The van der Waals surface area contributed by atoms with Gasteiger partial charge in [0.05, 0.1) is 16.8 Å². The van der Waals surface area contributed by atoms with E-state index in [1.165, 1.54) is 18.3 Å². The van der Waals surface area contributed by atoms with E-state index in [4.69, 9.17) is 4.74 Å². The molecule has 0 bridgehead atoms. The minimum absolute atomic E-state index is 0.134. The molecule has 3 rings (SSSR count). The summed E-state index contributed by atoms with van der Waals surface area (Å²) in [5.41, 5.74) is 1.93.